The molecule has 0 N–H and O–H groups in total. The minimum Gasteiger partial charge on any atom is -0.489 e. The van der Waals surface area contributed by atoms with Gasteiger partial charge >= 0.3 is 0 Å². The fourth-order valence-corrected chi connectivity index (χ4v) is 11.1. The Labute approximate surface area is 388 Å². The second kappa shape index (κ2) is 21.4. The summed E-state index contributed by atoms with van der Waals surface area (Å²) < 4.78 is 11.8. The number of Topliss-reactive ketones (excluding diaryl/α,β-unsaturated/α-hetero) is 2. The van der Waals surface area contributed by atoms with Crippen LogP contribution in [0.5, 0.6) is 11.5 Å². The van der Waals surface area contributed by atoms with Crippen LogP contribution in [-0.2, 0) is 26.1 Å². The lowest BCUT2D eigenvalue weighted by Gasteiger charge is -2.20. The van der Waals surface area contributed by atoms with E-state index in [1.807, 2.05) is 54.6 Å². The molecular formula is C56H53BrO4S2. The Hall–Kier alpha value is -5.34. The second-order valence-electron chi connectivity index (χ2n) is 16.4. The smallest absolute Gasteiger partial charge is 0.169 e. The monoisotopic (exact) mass is 932 g/mol. The first-order valence-electron chi connectivity index (χ1n) is 22.0. The average Bonchev–Trinajstić information content (AvgIpc) is 4.11. The van der Waals surface area contributed by atoms with Crippen molar-refractivity contribution >= 4 is 73.0 Å². The number of ether oxygens (including phenoxy) is 2. The molecule has 2 heterocycles. The van der Waals surface area contributed by atoms with Crippen molar-refractivity contribution in [1.82, 2.24) is 0 Å². The second-order valence-corrected chi connectivity index (χ2v) is 19.7. The zero-order chi connectivity index (χ0) is 43.5. The van der Waals surface area contributed by atoms with E-state index in [0.29, 0.717) is 24.0 Å². The number of thiophene rings is 2. The van der Waals surface area contributed by atoms with Gasteiger partial charge in [-0.1, -0.05) is 125 Å². The summed E-state index contributed by atoms with van der Waals surface area (Å²) >= 11 is 6.76. The van der Waals surface area contributed by atoms with Gasteiger partial charge in [0.2, 0.25) is 0 Å². The molecule has 63 heavy (non-hydrogen) atoms. The molecule has 4 aliphatic carbocycles. The van der Waals surface area contributed by atoms with E-state index in [1.165, 1.54) is 92.8 Å². The molecular weight excluding hydrogens is 881 g/mol. The van der Waals surface area contributed by atoms with Gasteiger partial charge in [0.05, 0.1) is 9.75 Å². The molecule has 2 atom stereocenters. The van der Waals surface area contributed by atoms with Crippen LogP contribution < -0.4 is 9.47 Å². The molecule has 4 aromatic carbocycles. The van der Waals surface area contributed by atoms with Crippen LogP contribution in [0.2, 0.25) is 0 Å². The lowest BCUT2D eigenvalue weighted by molar-refractivity contribution is 0.101. The predicted molar refractivity (Wildman–Crippen MR) is 267 cm³/mol. The van der Waals surface area contributed by atoms with Crippen molar-refractivity contribution in [2.24, 2.45) is 5.92 Å². The first-order chi connectivity index (χ1) is 30.8. The van der Waals surface area contributed by atoms with E-state index in [-0.39, 0.29) is 11.6 Å². The molecule has 6 aromatic rings. The average molecular weight is 934 g/mol. The SMILES string of the molecule is BrC1C=CCCC1.CC(=O)c1cc2c(s1)C(C1C=CCCC1)=C(c1ccc(OCc3ccccc3)cc1)C2.CC(=O)c1cc2c(s1)C=C(c1ccc(OCc3ccccc3)cc1)C2. The number of fused-ring (bicyclic) bond motifs is 2. The standard InChI is InChI=1S/C28H26O2S.C22H18O2S.C6H9Br/c1-19(29)26-17-23-16-25(27(28(23)31-26)22-10-6-3-7-11-22)21-12-14-24(15-13-21)30-18-20-8-4-2-5-9-20;1-15(23)21-13-19-11-18(12-22(19)25-21)17-7-9-20(10-8-17)24-14-16-5-3-2-4-6-16;7-6-4-2-1-3-5-6/h2,4-6,8-10,12-15,17,22H,3,7,11,16,18H2,1H3;2-10,12-13H,11,14H2,1H3;2,4,6H,1,3,5H2. The van der Waals surface area contributed by atoms with Gasteiger partial charge in [-0.05, 0) is 158 Å². The number of carbonyl (C=O) groups is 2. The summed E-state index contributed by atoms with van der Waals surface area (Å²) in [5.74, 6) is 2.52. The molecule has 0 spiro atoms. The maximum absolute atomic E-state index is 12.0. The molecule has 0 saturated heterocycles. The van der Waals surface area contributed by atoms with E-state index in [4.69, 9.17) is 9.47 Å². The van der Waals surface area contributed by atoms with Gasteiger partial charge in [-0.15, -0.1) is 22.7 Å². The highest BCUT2D eigenvalue weighted by Gasteiger charge is 2.31. The van der Waals surface area contributed by atoms with Crippen molar-refractivity contribution in [3.8, 4) is 11.5 Å². The number of benzene rings is 4. The lowest BCUT2D eigenvalue weighted by Crippen LogP contribution is -2.04. The van der Waals surface area contributed by atoms with E-state index < -0.39 is 0 Å². The minimum absolute atomic E-state index is 0.147. The molecule has 0 radical (unpaired) electrons. The van der Waals surface area contributed by atoms with Crippen molar-refractivity contribution in [2.45, 2.75) is 83.3 Å². The minimum atomic E-state index is 0.147. The summed E-state index contributed by atoms with van der Waals surface area (Å²) in [6, 6.07) is 41.3. The molecule has 10 rings (SSSR count). The number of carbonyl (C=O) groups excluding carboxylic acids is 2. The van der Waals surface area contributed by atoms with Crippen molar-refractivity contribution in [3.63, 3.8) is 0 Å². The van der Waals surface area contributed by atoms with Gasteiger partial charge in [0, 0.05) is 20.5 Å². The zero-order valence-electron chi connectivity index (χ0n) is 36.0. The van der Waals surface area contributed by atoms with Gasteiger partial charge in [-0.25, -0.2) is 0 Å². The Kier molecular flexibility index (Phi) is 15.0. The maximum atomic E-state index is 12.0. The third-order valence-corrected chi connectivity index (χ3v) is 15.0. The van der Waals surface area contributed by atoms with Gasteiger partial charge in [-0.2, -0.15) is 0 Å². The summed E-state index contributed by atoms with van der Waals surface area (Å²) in [6.45, 7) is 4.44. The Balaban J connectivity index is 0.000000152. The van der Waals surface area contributed by atoms with Gasteiger partial charge < -0.3 is 9.47 Å². The normalized spacial score (nSPS) is 17.1. The number of ketones is 2. The van der Waals surface area contributed by atoms with E-state index in [9.17, 15) is 9.59 Å². The summed E-state index contributed by atoms with van der Waals surface area (Å²) in [5, 5.41) is 0. The van der Waals surface area contributed by atoms with Crippen LogP contribution >= 0.6 is 38.6 Å². The highest BCUT2D eigenvalue weighted by molar-refractivity contribution is 9.09. The quantitative estimate of drug-likeness (QED) is 0.0738. The lowest BCUT2D eigenvalue weighted by atomic mass is 9.86. The highest BCUT2D eigenvalue weighted by atomic mass is 79.9. The van der Waals surface area contributed by atoms with Gasteiger partial charge in [0.1, 0.15) is 24.7 Å². The number of allylic oxidation sites excluding steroid dienone is 7. The van der Waals surface area contributed by atoms with E-state index in [1.54, 1.807) is 36.5 Å². The van der Waals surface area contributed by atoms with Crippen molar-refractivity contribution in [2.75, 3.05) is 0 Å². The summed E-state index contributed by atoms with van der Waals surface area (Å²) in [7, 11) is 0. The van der Waals surface area contributed by atoms with Crippen LogP contribution in [0.4, 0.5) is 0 Å². The number of hydrogen-bond acceptors (Lipinski definition) is 6. The van der Waals surface area contributed by atoms with Crippen LogP contribution in [0, 0.1) is 5.92 Å². The topological polar surface area (TPSA) is 52.6 Å². The van der Waals surface area contributed by atoms with Crippen LogP contribution in [0.3, 0.4) is 0 Å². The Morgan fingerprint density at radius 3 is 1.70 bits per heavy atom. The highest BCUT2D eigenvalue weighted by Crippen LogP contribution is 2.49. The Morgan fingerprint density at radius 1 is 0.635 bits per heavy atom. The first-order valence-corrected chi connectivity index (χ1v) is 24.5. The largest absolute Gasteiger partial charge is 0.489 e. The number of alkyl halides is 1. The van der Waals surface area contributed by atoms with E-state index in [2.05, 4.69) is 113 Å². The Bertz CT molecular complexity index is 2630. The first kappa shape index (κ1) is 44.3. The third-order valence-electron chi connectivity index (χ3n) is 11.7. The van der Waals surface area contributed by atoms with Crippen LogP contribution in [-0.4, -0.2) is 16.4 Å². The Morgan fingerprint density at radius 2 is 1.19 bits per heavy atom. The molecule has 0 saturated carbocycles. The van der Waals surface area contributed by atoms with Gasteiger partial charge in [0.15, 0.2) is 11.6 Å². The van der Waals surface area contributed by atoms with E-state index in [0.717, 1.165) is 39.7 Å². The van der Waals surface area contributed by atoms with E-state index >= 15 is 0 Å². The molecule has 0 aliphatic heterocycles. The summed E-state index contributed by atoms with van der Waals surface area (Å²) in [4.78, 5) is 28.4. The van der Waals surface area contributed by atoms with Crippen molar-refractivity contribution in [1.29, 1.82) is 0 Å². The van der Waals surface area contributed by atoms with Crippen molar-refractivity contribution < 1.29 is 19.1 Å². The number of hydrogen-bond donors (Lipinski definition) is 0. The number of halogens is 1. The molecule has 320 valence electrons. The van der Waals surface area contributed by atoms with Gasteiger partial charge in [0.25, 0.3) is 0 Å². The molecule has 7 heteroatoms. The number of rotatable bonds is 11. The van der Waals surface area contributed by atoms with Crippen molar-refractivity contribution in [3.05, 3.63) is 199 Å². The molecule has 2 aromatic heterocycles. The van der Waals surface area contributed by atoms with Gasteiger partial charge in [-0.3, -0.25) is 9.59 Å². The predicted octanol–water partition coefficient (Wildman–Crippen LogP) is 15.5. The fourth-order valence-electron chi connectivity index (χ4n) is 8.33. The molecule has 2 unspecified atom stereocenters. The molecule has 0 fully saturated rings. The summed E-state index contributed by atoms with van der Waals surface area (Å²) in [6.07, 6.45) is 20.7. The maximum Gasteiger partial charge on any atom is 0.169 e. The summed E-state index contributed by atoms with van der Waals surface area (Å²) in [5.41, 5.74) is 11.5. The molecule has 4 nitrogen and oxygen atoms in total. The zero-order valence-corrected chi connectivity index (χ0v) is 39.2. The fraction of sp³-hybridized carbons (Fsp3) is 0.250. The van der Waals surface area contributed by atoms with Crippen LogP contribution in [0.1, 0.15) is 115 Å². The van der Waals surface area contributed by atoms with Crippen LogP contribution in [0.25, 0.3) is 22.8 Å². The third kappa shape index (κ3) is 11.6. The molecule has 4 aliphatic rings. The molecule has 0 amide bonds. The van der Waals surface area contributed by atoms with Crippen LogP contribution in [0.15, 0.2) is 146 Å². The molecule has 0 bridgehead atoms.